The molecule has 0 aliphatic carbocycles. The number of primary amides is 1. The van der Waals surface area contributed by atoms with Gasteiger partial charge in [-0.2, -0.15) is 0 Å². The molecule has 1 heterocycles. The third-order valence-corrected chi connectivity index (χ3v) is 5.34. The molecular weight excluding hydrogens is 380 g/mol. The smallest absolute Gasteiger partial charge is 0.251 e. The van der Waals surface area contributed by atoms with Crippen molar-refractivity contribution in [2.75, 3.05) is 45.8 Å². The van der Waals surface area contributed by atoms with Crippen LogP contribution in [0.15, 0.2) is 48.5 Å². The van der Waals surface area contributed by atoms with Gasteiger partial charge in [-0.1, -0.05) is 6.92 Å². The topological polar surface area (TPSA) is 87.9 Å². The lowest BCUT2D eigenvalue weighted by molar-refractivity contribution is 0.0947. The number of ether oxygens (including phenoxy) is 1. The van der Waals surface area contributed by atoms with Crippen molar-refractivity contribution in [1.82, 2.24) is 15.1 Å². The molecule has 0 unspecified atom stereocenters. The highest BCUT2D eigenvalue weighted by Gasteiger charge is 2.14. The Labute approximate surface area is 177 Å². The predicted molar refractivity (Wildman–Crippen MR) is 117 cm³/mol. The fourth-order valence-corrected chi connectivity index (χ4v) is 3.43. The summed E-state index contributed by atoms with van der Waals surface area (Å²) in [5, 5.41) is 2.98. The molecule has 2 aromatic carbocycles. The largest absolute Gasteiger partial charge is 0.457 e. The molecule has 1 saturated heterocycles. The van der Waals surface area contributed by atoms with Gasteiger partial charge in [-0.3, -0.25) is 9.59 Å². The number of amides is 2. The molecule has 0 atom stereocenters. The molecule has 7 nitrogen and oxygen atoms in total. The minimum atomic E-state index is -0.476. The number of piperazine rings is 1. The molecule has 1 fully saturated rings. The maximum atomic E-state index is 12.3. The Morgan fingerprint density at radius 1 is 0.900 bits per heavy atom. The Kier molecular flexibility index (Phi) is 7.82. The second kappa shape index (κ2) is 10.8. The maximum Gasteiger partial charge on any atom is 0.251 e. The Morgan fingerprint density at radius 3 is 1.97 bits per heavy atom. The summed E-state index contributed by atoms with van der Waals surface area (Å²) in [6.07, 6.45) is 0.945. The van der Waals surface area contributed by atoms with Gasteiger partial charge in [-0.25, -0.2) is 0 Å². The molecule has 1 aliphatic rings. The SMILES string of the molecule is CCN1CCN(CCCNC(=O)c2ccc(Oc3ccc(C(N)=O)cc3)cc2)CC1. The van der Waals surface area contributed by atoms with Gasteiger partial charge in [0.1, 0.15) is 11.5 Å². The van der Waals surface area contributed by atoms with Gasteiger partial charge in [0.05, 0.1) is 0 Å². The summed E-state index contributed by atoms with van der Waals surface area (Å²) in [7, 11) is 0. The molecule has 0 bridgehead atoms. The van der Waals surface area contributed by atoms with Gasteiger partial charge in [0.25, 0.3) is 5.91 Å². The number of hydrogen-bond acceptors (Lipinski definition) is 5. The zero-order valence-corrected chi connectivity index (χ0v) is 17.5. The first-order chi connectivity index (χ1) is 14.5. The van der Waals surface area contributed by atoms with E-state index in [1.54, 1.807) is 48.5 Å². The van der Waals surface area contributed by atoms with Crippen molar-refractivity contribution in [3.05, 3.63) is 59.7 Å². The van der Waals surface area contributed by atoms with Crippen molar-refractivity contribution in [3.63, 3.8) is 0 Å². The van der Waals surface area contributed by atoms with Gasteiger partial charge in [0.2, 0.25) is 5.91 Å². The predicted octanol–water partition coefficient (Wildman–Crippen LogP) is 2.34. The van der Waals surface area contributed by atoms with Crippen LogP contribution in [0, 0.1) is 0 Å². The molecule has 3 rings (SSSR count). The van der Waals surface area contributed by atoms with E-state index in [1.807, 2.05) is 0 Å². The highest BCUT2D eigenvalue weighted by atomic mass is 16.5. The normalized spacial score (nSPS) is 15.0. The van der Waals surface area contributed by atoms with Crippen LogP contribution in [0.4, 0.5) is 0 Å². The Balaban J connectivity index is 1.39. The number of carbonyl (C=O) groups is 2. The van der Waals surface area contributed by atoms with Gasteiger partial charge >= 0.3 is 0 Å². The van der Waals surface area contributed by atoms with Crippen molar-refractivity contribution in [1.29, 1.82) is 0 Å². The highest BCUT2D eigenvalue weighted by Crippen LogP contribution is 2.22. The van der Waals surface area contributed by atoms with Crippen LogP contribution in [0.1, 0.15) is 34.1 Å². The first-order valence-electron chi connectivity index (χ1n) is 10.5. The summed E-state index contributed by atoms with van der Waals surface area (Å²) >= 11 is 0. The number of hydrogen-bond donors (Lipinski definition) is 2. The van der Waals surface area contributed by atoms with Gasteiger partial charge in [-0.05, 0) is 68.0 Å². The summed E-state index contributed by atoms with van der Waals surface area (Å²) in [4.78, 5) is 28.4. The highest BCUT2D eigenvalue weighted by molar-refractivity contribution is 5.94. The lowest BCUT2D eigenvalue weighted by Crippen LogP contribution is -2.46. The molecule has 30 heavy (non-hydrogen) atoms. The molecule has 160 valence electrons. The van der Waals surface area contributed by atoms with Crippen molar-refractivity contribution < 1.29 is 14.3 Å². The second-order valence-corrected chi connectivity index (χ2v) is 7.40. The van der Waals surface area contributed by atoms with Crippen molar-refractivity contribution in [3.8, 4) is 11.5 Å². The molecule has 7 heteroatoms. The summed E-state index contributed by atoms with van der Waals surface area (Å²) in [6.45, 7) is 9.47. The number of nitrogens with two attached hydrogens (primary N) is 1. The number of benzene rings is 2. The van der Waals surface area contributed by atoms with Crippen LogP contribution in [-0.2, 0) is 0 Å². The van der Waals surface area contributed by atoms with Crippen LogP contribution in [0.25, 0.3) is 0 Å². The number of rotatable bonds is 9. The van der Waals surface area contributed by atoms with E-state index in [0.717, 1.165) is 45.7 Å². The minimum absolute atomic E-state index is 0.0804. The first kappa shape index (κ1) is 21.8. The molecule has 2 amide bonds. The van der Waals surface area contributed by atoms with E-state index in [0.29, 0.717) is 29.2 Å². The molecular formula is C23H30N4O3. The molecule has 0 saturated carbocycles. The third-order valence-electron chi connectivity index (χ3n) is 5.34. The number of nitrogens with one attached hydrogen (secondary N) is 1. The van der Waals surface area contributed by atoms with E-state index in [9.17, 15) is 9.59 Å². The lowest BCUT2D eigenvalue weighted by atomic mass is 10.2. The average molecular weight is 411 g/mol. The quantitative estimate of drug-likeness (QED) is 0.620. The van der Waals surface area contributed by atoms with Crippen molar-refractivity contribution in [2.24, 2.45) is 5.73 Å². The number of likely N-dealkylation sites (N-methyl/N-ethyl adjacent to an activating group) is 1. The average Bonchev–Trinajstić information content (AvgIpc) is 2.78. The molecule has 0 aromatic heterocycles. The summed E-state index contributed by atoms with van der Waals surface area (Å²) < 4.78 is 5.74. The van der Waals surface area contributed by atoms with Gasteiger partial charge in [0, 0.05) is 43.9 Å². The Hall–Kier alpha value is -2.90. The lowest BCUT2D eigenvalue weighted by Gasteiger charge is -2.33. The van der Waals surface area contributed by atoms with Crippen LogP contribution in [-0.4, -0.2) is 67.4 Å². The van der Waals surface area contributed by atoms with E-state index in [-0.39, 0.29) is 5.91 Å². The fourth-order valence-electron chi connectivity index (χ4n) is 3.43. The maximum absolute atomic E-state index is 12.3. The van der Waals surface area contributed by atoms with E-state index < -0.39 is 5.91 Å². The van der Waals surface area contributed by atoms with E-state index in [1.165, 1.54) is 0 Å². The van der Waals surface area contributed by atoms with Crippen LogP contribution in [0.5, 0.6) is 11.5 Å². The van der Waals surface area contributed by atoms with Gasteiger partial charge in [-0.15, -0.1) is 0 Å². The van der Waals surface area contributed by atoms with Crippen molar-refractivity contribution in [2.45, 2.75) is 13.3 Å². The molecule has 2 aromatic rings. The van der Waals surface area contributed by atoms with E-state index in [2.05, 4.69) is 22.0 Å². The Morgan fingerprint density at radius 2 is 1.43 bits per heavy atom. The van der Waals surface area contributed by atoms with Gasteiger partial charge in [0.15, 0.2) is 0 Å². The fraction of sp³-hybridized carbons (Fsp3) is 0.391. The van der Waals surface area contributed by atoms with Crippen molar-refractivity contribution >= 4 is 11.8 Å². The summed E-state index contributed by atoms with van der Waals surface area (Å²) in [5.41, 5.74) is 6.26. The second-order valence-electron chi connectivity index (χ2n) is 7.40. The standard InChI is InChI=1S/C23H30N4O3/c1-2-26-14-16-27(17-15-26)13-3-12-25-23(29)19-6-10-21(11-7-19)30-20-8-4-18(5-9-20)22(24)28/h4-11H,2-3,12-17H2,1H3,(H2,24,28)(H,25,29). The van der Waals surface area contributed by atoms with Crippen LogP contribution >= 0.6 is 0 Å². The zero-order chi connectivity index (χ0) is 21.3. The molecule has 0 spiro atoms. The number of nitrogens with zero attached hydrogens (tertiary/aromatic N) is 2. The van der Waals surface area contributed by atoms with Crippen LogP contribution in [0.3, 0.4) is 0 Å². The monoisotopic (exact) mass is 410 g/mol. The van der Waals surface area contributed by atoms with Gasteiger partial charge < -0.3 is 25.6 Å². The minimum Gasteiger partial charge on any atom is -0.457 e. The first-order valence-corrected chi connectivity index (χ1v) is 10.5. The summed E-state index contributed by atoms with van der Waals surface area (Å²) in [6, 6.07) is 13.6. The Bertz CT molecular complexity index is 829. The summed E-state index contributed by atoms with van der Waals surface area (Å²) in [5.74, 6) is 0.653. The zero-order valence-electron chi connectivity index (χ0n) is 17.5. The number of carbonyl (C=O) groups excluding carboxylic acids is 2. The van der Waals surface area contributed by atoms with Crippen LogP contribution in [0.2, 0.25) is 0 Å². The molecule has 3 N–H and O–H groups in total. The van der Waals surface area contributed by atoms with Crippen LogP contribution < -0.4 is 15.8 Å². The van der Waals surface area contributed by atoms with E-state index >= 15 is 0 Å². The molecule has 0 radical (unpaired) electrons. The van der Waals surface area contributed by atoms with E-state index in [4.69, 9.17) is 10.5 Å². The third kappa shape index (κ3) is 6.30. The molecule has 1 aliphatic heterocycles.